The molecule has 0 atom stereocenters. The zero-order chi connectivity index (χ0) is 10.2. The third-order valence-electron chi connectivity index (χ3n) is 2.34. The van der Waals surface area contributed by atoms with Crippen molar-refractivity contribution in [3.8, 4) is 0 Å². The molecule has 0 unspecified atom stereocenters. The molecule has 76 valence electrons. The van der Waals surface area contributed by atoms with E-state index in [2.05, 4.69) is 0 Å². The molecule has 0 fully saturated rings. The van der Waals surface area contributed by atoms with E-state index in [4.69, 9.17) is 0 Å². The molecule has 2 rings (SSSR count). The van der Waals surface area contributed by atoms with Gasteiger partial charge in [-0.1, -0.05) is 18.2 Å². The number of para-hydroxylation sites is 1. The molecular weight excluding hydrogens is 202 g/mol. The van der Waals surface area contributed by atoms with E-state index in [1.54, 1.807) is 12.1 Å². The van der Waals surface area contributed by atoms with Gasteiger partial charge in [0.1, 0.15) is 0 Å². The zero-order valence-electron chi connectivity index (χ0n) is 7.51. The standard InChI is InChI=1S/C9H11NO3S/c11-14(12,13)10-7-3-5-8-4-1-2-6-9(8)10/h1-2,4,6H,3,5,7H2,(H,11,12,13)/p-1. The molecule has 0 N–H and O–H groups in total. The molecule has 1 aromatic carbocycles. The van der Waals surface area contributed by atoms with Crippen LogP contribution in [0.15, 0.2) is 24.3 Å². The van der Waals surface area contributed by atoms with Crippen LogP contribution in [-0.2, 0) is 16.7 Å². The third kappa shape index (κ3) is 1.60. The Morgan fingerprint density at radius 3 is 2.71 bits per heavy atom. The zero-order valence-corrected chi connectivity index (χ0v) is 8.33. The number of hydrogen-bond acceptors (Lipinski definition) is 3. The molecule has 0 radical (unpaired) electrons. The fourth-order valence-electron chi connectivity index (χ4n) is 1.73. The topological polar surface area (TPSA) is 60.4 Å². The summed E-state index contributed by atoms with van der Waals surface area (Å²) in [5, 5.41) is 0. The van der Waals surface area contributed by atoms with Crippen LogP contribution in [-0.4, -0.2) is 19.5 Å². The van der Waals surface area contributed by atoms with E-state index in [-0.39, 0.29) is 0 Å². The largest absolute Gasteiger partial charge is 0.731 e. The van der Waals surface area contributed by atoms with Crippen LogP contribution in [0.2, 0.25) is 0 Å². The van der Waals surface area contributed by atoms with Crippen molar-refractivity contribution >= 4 is 16.0 Å². The fraction of sp³-hybridized carbons (Fsp3) is 0.333. The number of benzene rings is 1. The minimum Gasteiger partial charge on any atom is -0.731 e. The van der Waals surface area contributed by atoms with Crippen molar-refractivity contribution in [2.45, 2.75) is 12.8 Å². The predicted molar refractivity (Wildman–Crippen MR) is 51.8 cm³/mol. The molecule has 0 aromatic heterocycles. The van der Waals surface area contributed by atoms with Gasteiger partial charge in [0.2, 0.25) is 0 Å². The van der Waals surface area contributed by atoms with Crippen molar-refractivity contribution in [3.05, 3.63) is 29.8 Å². The highest BCUT2D eigenvalue weighted by Crippen LogP contribution is 2.28. The van der Waals surface area contributed by atoms with Crippen LogP contribution in [0.1, 0.15) is 12.0 Å². The molecule has 14 heavy (non-hydrogen) atoms. The van der Waals surface area contributed by atoms with Gasteiger partial charge in [0, 0.05) is 6.54 Å². The molecule has 1 aromatic rings. The lowest BCUT2D eigenvalue weighted by Gasteiger charge is -2.32. The third-order valence-corrected chi connectivity index (χ3v) is 3.26. The summed E-state index contributed by atoms with van der Waals surface area (Å²) < 4.78 is 33.7. The van der Waals surface area contributed by atoms with E-state index in [1.807, 2.05) is 12.1 Å². The van der Waals surface area contributed by atoms with E-state index in [0.717, 1.165) is 16.3 Å². The molecule has 4 nitrogen and oxygen atoms in total. The highest BCUT2D eigenvalue weighted by atomic mass is 32.2. The maximum atomic E-state index is 10.9. The molecule has 1 heterocycles. The first-order valence-corrected chi connectivity index (χ1v) is 5.77. The normalized spacial score (nSPS) is 16.5. The van der Waals surface area contributed by atoms with Gasteiger partial charge in [-0.15, -0.1) is 0 Å². The molecule has 0 spiro atoms. The maximum Gasteiger partial charge on any atom is 0.184 e. The van der Waals surface area contributed by atoms with Gasteiger partial charge >= 0.3 is 0 Å². The number of nitrogens with zero attached hydrogens (tertiary/aromatic N) is 1. The minimum atomic E-state index is -4.36. The smallest absolute Gasteiger partial charge is 0.184 e. The van der Waals surface area contributed by atoms with Crippen molar-refractivity contribution in [2.75, 3.05) is 10.8 Å². The Hall–Kier alpha value is -1.07. The number of hydrogen-bond donors (Lipinski definition) is 0. The molecule has 5 heteroatoms. The van der Waals surface area contributed by atoms with Crippen molar-refractivity contribution < 1.29 is 13.0 Å². The van der Waals surface area contributed by atoms with Crippen LogP contribution in [0, 0.1) is 0 Å². The van der Waals surface area contributed by atoms with Gasteiger partial charge in [-0.25, -0.2) is 8.42 Å². The number of anilines is 1. The van der Waals surface area contributed by atoms with E-state index < -0.39 is 10.3 Å². The Morgan fingerprint density at radius 1 is 1.29 bits per heavy atom. The van der Waals surface area contributed by atoms with Crippen molar-refractivity contribution in [1.82, 2.24) is 0 Å². The quantitative estimate of drug-likeness (QED) is 0.650. The van der Waals surface area contributed by atoms with Crippen molar-refractivity contribution in [2.24, 2.45) is 0 Å². The first kappa shape index (κ1) is 9.48. The summed E-state index contributed by atoms with van der Waals surface area (Å²) in [5.41, 5.74) is 1.46. The number of fused-ring (bicyclic) bond motifs is 1. The summed E-state index contributed by atoms with van der Waals surface area (Å²) in [7, 11) is -4.36. The van der Waals surface area contributed by atoms with Gasteiger partial charge in [-0.05, 0) is 24.5 Å². The highest BCUT2D eigenvalue weighted by molar-refractivity contribution is 7.87. The first-order chi connectivity index (χ1) is 6.59. The lowest BCUT2D eigenvalue weighted by atomic mass is 10.0. The SMILES string of the molecule is O=S(=O)([O-])N1CCCc2ccccc21. The van der Waals surface area contributed by atoms with Crippen molar-refractivity contribution in [1.29, 1.82) is 0 Å². The number of aryl methyl sites for hydroxylation is 1. The van der Waals surface area contributed by atoms with Gasteiger partial charge in [-0.3, -0.25) is 4.31 Å². The first-order valence-electron chi connectivity index (χ1n) is 4.40. The summed E-state index contributed by atoms with van der Waals surface area (Å²) in [4.78, 5) is 0. The Labute approximate surface area is 83.0 Å². The molecule has 0 saturated heterocycles. The summed E-state index contributed by atoms with van der Waals surface area (Å²) in [6.07, 6.45) is 1.54. The van der Waals surface area contributed by atoms with Gasteiger partial charge in [0.15, 0.2) is 10.3 Å². The van der Waals surface area contributed by atoms with Gasteiger partial charge in [0.25, 0.3) is 0 Å². The maximum absolute atomic E-state index is 10.9. The monoisotopic (exact) mass is 212 g/mol. The molecule has 1 aliphatic rings. The summed E-state index contributed by atoms with van der Waals surface area (Å²) in [5.74, 6) is 0. The molecule has 0 bridgehead atoms. The van der Waals surface area contributed by atoms with Crippen LogP contribution >= 0.6 is 0 Å². The second-order valence-corrected chi connectivity index (χ2v) is 4.56. The van der Waals surface area contributed by atoms with E-state index in [1.165, 1.54) is 0 Å². The second kappa shape index (κ2) is 3.25. The Kier molecular flexibility index (Phi) is 2.20. The van der Waals surface area contributed by atoms with Crippen LogP contribution in [0.4, 0.5) is 5.69 Å². The molecule has 0 amide bonds. The Balaban J connectivity index is 2.51. The average Bonchev–Trinajstić information content (AvgIpc) is 2.15. The van der Waals surface area contributed by atoms with Crippen LogP contribution < -0.4 is 4.31 Å². The lowest BCUT2D eigenvalue weighted by molar-refractivity contribution is 0.456. The molecule has 1 aliphatic heterocycles. The van der Waals surface area contributed by atoms with Crippen LogP contribution in [0.5, 0.6) is 0 Å². The van der Waals surface area contributed by atoms with E-state index in [0.29, 0.717) is 18.7 Å². The van der Waals surface area contributed by atoms with Crippen LogP contribution in [0.25, 0.3) is 0 Å². The van der Waals surface area contributed by atoms with Crippen molar-refractivity contribution in [3.63, 3.8) is 0 Å². The Morgan fingerprint density at radius 2 is 2.00 bits per heavy atom. The van der Waals surface area contributed by atoms with Gasteiger partial charge in [-0.2, -0.15) is 0 Å². The summed E-state index contributed by atoms with van der Waals surface area (Å²) in [6.45, 7) is 0.294. The van der Waals surface area contributed by atoms with Crippen LogP contribution in [0.3, 0.4) is 0 Å². The second-order valence-electron chi connectivity index (χ2n) is 3.26. The van der Waals surface area contributed by atoms with Gasteiger partial charge in [0.05, 0.1) is 5.69 Å². The number of rotatable bonds is 1. The Bertz CT molecular complexity index is 441. The van der Waals surface area contributed by atoms with Gasteiger partial charge < -0.3 is 4.55 Å². The highest BCUT2D eigenvalue weighted by Gasteiger charge is 2.19. The van der Waals surface area contributed by atoms with E-state index >= 15 is 0 Å². The minimum absolute atomic E-state index is 0.294. The molecule has 0 saturated carbocycles. The summed E-state index contributed by atoms with van der Waals surface area (Å²) >= 11 is 0. The van der Waals surface area contributed by atoms with E-state index in [9.17, 15) is 13.0 Å². The average molecular weight is 212 g/mol. The lowest BCUT2D eigenvalue weighted by Crippen LogP contribution is -2.34. The molecular formula is C9H10NO3S-. The predicted octanol–water partition coefficient (Wildman–Crippen LogP) is 0.899. The summed E-state index contributed by atoms with van der Waals surface area (Å²) in [6, 6.07) is 7.11. The molecule has 0 aliphatic carbocycles. The fourth-order valence-corrected chi connectivity index (χ4v) is 2.50.